The monoisotopic (exact) mass is 280 g/mol. The lowest BCUT2D eigenvalue weighted by molar-refractivity contribution is 0.0948. The summed E-state index contributed by atoms with van der Waals surface area (Å²) in [6, 6.07) is 1.66. The number of imidazole rings is 1. The van der Waals surface area contributed by atoms with Gasteiger partial charge in [-0.25, -0.2) is 13.8 Å². The number of aromatic nitrogens is 2. The van der Waals surface area contributed by atoms with Gasteiger partial charge >= 0.3 is 0 Å². The summed E-state index contributed by atoms with van der Waals surface area (Å²) in [7, 11) is 0. The van der Waals surface area contributed by atoms with E-state index in [9.17, 15) is 13.6 Å². The van der Waals surface area contributed by atoms with Gasteiger partial charge in [-0.05, 0) is 18.6 Å². The highest BCUT2D eigenvalue weighted by atomic mass is 19.1. The molecule has 1 aromatic carbocycles. The first-order chi connectivity index (χ1) is 9.58. The number of nitrogens with one attached hydrogen (secondary N) is 2. The third-order valence-corrected chi connectivity index (χ3v) is 2.74. The minimum Gasteiger partial charge on any atom is -0.396 e. The van der Waals surface area contributed by atoms with Gasteiger partial charge in [0.05, 0.1) is 11.3 Å². The summed E-state index contributed by atoms with van der Waals surface area (Å²) < 4.78 is 26.7. The molecule has 20 heavy (non-hydrogen) atoms. The Kier molecular flexibility index (Phi) is 4.29. The van der Waals surface area contributed by atoms with Crippen LogP contribution in [0.4, 0.5) is 14.5 Å². The van der Waals surface area contributed by atoms with E-state index in [1.165, 1.54) is 0 Å². The number of nitrogens with two attached hydrogens (primary N) is 1. The summed E-state index contributed by atoms with van der Waals surface area (Å²) in [5.41, 5.74) is 4.50. The maximum Gasteiger partial charge on any atom is 0.254 e. The fourth-order valence-electron chi connectivity index (χ4n) is 1.76. The molecule has 0 spiro atoms. The van der Waals surface area contributed by atoms with Crippen LogP contribution < -0.4 is 11.1 Å². The van der Waals surface area contributed by atoms with Crippen molar-refractivity contribution in [2.45, 2.75) is 12.8 Å². The lowest BCUT2D eigenvalue weighted by Crippen LogP contribution is -2.26. The molecule has 0 unspecified atom stereocenters. The van der Waals surface area contributed by atoms with Crippen LogP contribution in [0.3, 0.4) is 0 Å². The number of aromatic amines is 1. The molecular formula is C13H14F2N4O. The number of anilines is 1. The molecule has 5 nitrogen and oxygen atoms in total. The number of halogens is 2. The van der Waals surface area contributed by atoms with E-state index in [0.29, 0.717) is 19.4 Å². The first kappa shape index (κ1) is 14.0. The van der Waals surface area contributed by atoms with Crippen molar-refractivity contribution < 1.29 is 13.6 Å². The molecule has 0 aliphatic carbocycles. The highest BCUT2D eigenvalue weighted by molar-refractivity contribution is 5.95. The Morgan fingerprint density at radius 2 is 2.20 bits per heavy atom. The van der Waals surface area contributed by atoms with E-state index in [0.717, 1.165) is 18.0 Å². The summed E-state index contributed by atoms with van der Waals surface area (Å²) in [4.78, 5) is 18.7. The van der Waals surface area contributed by atoms with E-state index in [1.54, 1.807) is 12.4 Å². The number of benzene rings is 1. The van der Waals surface area contributed by atoms with Gasteiger partial charge in [0.15, 0.2) is 5.82 Å². The number of nitrogen functional groups attached to an aromatic ring is 1. The molecular weight excluding hydrogens is 266 g/mol. The molecule has 7 heteroatoms. The SMILES string of the molecule is Nc1cc(F)cc(C(=O)NCCCc2ncc[nH]2)c1F. The van der Waals surface area contributed by atoms with Crippen molar-refractivity contribution in [1.82, 2.24) is 15.3 Å². The van der Waals surface area contributed by atoms with Crippen molar-refractivity contribution in [2.75, 3.05) is 12.3 Å². The maximum atomic E-state index is 13.6. The molecule has 1 aromatic heterocycles. The summed E-state index contributed by atoms with van der Waals surface area (Å²) in [6.45, 7) is 0.329. The van der Waals surface area contributed by atoms with Crippen molar-refractivity contribution >= 4 is 11.6 Å². The molecule has 0 saturated carbocycles. The number of carbonyl (C=O) groups excluding carboxylic acids is 1. The smallest absolute Gasteiger partial charge is 0.254 e. The van der Waals surface area contributed by atoms with E-state index < -0.39 is 17.5 Å². The first-order valence-electron chi connectivity index (χ1n) is 6.09. The molecule has 2 aromatic rings. The summed E-state index contributed by atoms with van der Waals surface area (Å²) in [5.74, 6) is -1.53. The predicted octanol–water partition coefficient (Wildman–Crippen LogP) is 1.63. The van der Waals surface area contributed by atoms with Gasteiger partial charge in [-0.15, -0.1) is 0 Å². The molecule has 0 aliphatic rings. The number of H-pyrrole nitrogens is 1. The number of hydrogen-bond donors (Lipinski definition) is 3. The Morgan fingerprint density at radius 3 is 2.90 bits per heavy atom. The topological polar surface area (TPSA) is 83.8 Å². The second-order valence-electron chi connectivity index (χ2n) is 4.25. The number of hydrogen-bond acceptors (Lipinski definition) is 3. The van der Waals surface area contributed by atoms with E-state index in [4.69, 9.17) is 5.73 Å². The largest absolute Gasteiger partial charge is 0.396 e. The van der Waals surface area contributed by atoms with Gasteiger partial charge in [-0.1, -0.05) is 0 Å². The number of aryl methyl sites for hydroxylation is 1. The van der Waals surface area contributed by atoms with Crippen molar-refractivity contribution in [1.29, 1.82) is 0 Å². The van der Waals surface area contributed by atoms with Crippen molar-refractivity contribution in [3.05, 3.63) is 47.5 Å². The highest BCUT2D eigenvalue weighted by Crippen LogP contribution is 2.17. The van der Waals surface area contributed by atoms with Gasteiger partial charge < -0.3 is 16.0 Å². The Bertz CT molecular complexity index is 599. The lowest BCUT2D eigenvalue weighted by Gasteiger charge is -2.07. The fraction of sp³-hybridized carbons (Fsp3) is 0.231. The van der Waals surface area contributed by atoms with Crippen LogP contribution in [-0.2, 0) is 6.42 Å². The second kappa shape index (κ2) is 6.14. The molecule has 0 atom stereocenters. The van der Waals surface area contributed by atoms with E-state index in [1.807, 2.05) is 0 Å². The zero-order valence-electron chi connectivity index (χ0n) is 10.6. The highest BCUT2D eigenvalue weighted by Gasteiger charge is 2.15. The average molecular weight is 280 g/mol. The second-order valence-corrected chi connectivity index (χ2v) is 4.25. The third-order valence-electron chi connectivity index (χ3n) is 2.74. The van der Waals surface area contributed by atoms with Crippen LogP contribution in [0.25, 0.3) is 0 Å². The Morgan fingerprint density at radius 1 is 1.40 bits per heavy atom. The maximum absolute atomic E-state index is 13.6. The van der Waals surface area contributed by atoms with Crippen molar-refractivity contribution in [3.63, 3.8) is 0 Å². The zero-order valence-corrected chi connectivity index (χ0v) is 10.6. The molecule has 0 bridgehead atoms. The van der Waals surface area contributed by atoms with Gasteiger partial charge in [0.2, 0.25) is 0 Å². The molecule has 4 N–H and O–H groups in total. The van der Waals surface area contributed by atoms with E-state index in [2.05, 4.69) is 15.3 Å². The molecule has 0 radical (unpaired) electrons. The molecule has 1 heterocycles. The Balaban J connectivity index is 1.89. The summed E-state index contributed by atoms with van der Waals surface area (Å²) in [6.07, 6.45) is 4.63. The zero-order chi connectivity index (χ0) is 14.5. The summed E-state index contributed by atoms with van der Waals surface area (Å²) >= 11 is 0. The number of carbonyl (C=O) groups is 1. The van der Waals surface area contributed by atoms with E-state index >= 15 is 0 Å². The van der Waals surface area contributed by atoms with Crippen LogP contribution in [0.5, 0.6) is 0 Å². The van der Waals surface area contributed by atoms with Crippen LogP contribution >= 0.6 is 0 Å². The molecule has 0 aliphatic heterocycles. The lowest BCUT2D eigenvalue weighted by atomic mass is 10.1. The van der Waals surface area contributed by atoms with Crippen LogP contribution in [-0.4, -0.2) is 22.4 Å². The van der Waals surface area contributed by atoms with Gasteiger partial charge in [0, 0.05) is 25.4 Å². The fourth-order valence-corrected chi connectivity index (χ4v) is 1.76. The first-order valence-corrected chi connectivity index (χ1v) is 6.09. The van der Waals surface area contributed by atoms with Gasteiger partial charge in [-0.3, -0.25) is 4.79 Å². The molecule has 106 valence electrons. The molecule has 0 saturated heterocycles. The van der Waals surface area contributed by atoms with E-state index in [-0.39, 0.29) is 11.3 Å². The summed E-state index contributed by atoms with van der Waals surface area (Å²) in [5, 5.41) is 2.51. The quantitative estimate of drug-likeness (QED) is 0.575. The van der Waals surface area contributed by atoms with Gasteiger partial charge in [-0.2, -0.15) is 0 Å². The standard InChI is InChI=1S/C13H14F2N4O/c14-8-6-9(12(15)10(16)7-8)13(20)19-3-1-2-11-17-4-5-18-11/h4-7H,1-3,16H2,(H,17,18)(H,19,20). The van der Waals surface area contributed by atoms with Crippen LogP contribution in [0, 0.1) is 11.6 Å². The molecule has 2 rings (SSSR count). The minimum absolute atomic E-state index is 0.329. The molecule has 0 fully saturated rings. The van der Waals surface area contributed by atoms with Crippen LogP contribution in [0.2, 0.25) is 0 Å². The predicted molar refractivity (Wildman–Crippen MR) is 70.0 cm³/mol. The Hall–Kier alpha value is -2.44. The van der Waals surface area contributed by atoms with Gasteiger partial charge in [0.25, 0.3) is 5.91 Å². The number of rotatable bonds is 5. The van der Waals surface area contributed by atoms with Crippen molar-refractivity contribution in [2.24, 2.45) is 0 Å². The van der Waals surface area contributed by atoms with Crippen LogP contribution in [0.1, 0.15) is 22.6 Å². The minimum atomic E-state index is -0.907. The number of nitrogens with zero attached hydrogens (tertiary/aromatic N) is 1. The van der Waals surface area contributed by atoms with Gasteiger partial charge in [0.1, 0.15) is 11.6 Å². The van der Waals surface area contributed by atoms with Crippen LogP contribution in [0.15, 0.2) is 24.5 Å². The third kappa shape index (κ3) is 3.31. The Labute approximate surface area is 114 Å². The van der Waals surface area contributed by atoms with Crippen molar-refractivity contribution in [3.8, 4) is 0 Å². The molecule has 1 amide bonds. The number of amides is 1. The normalized spacial score (nSPS) is 10.5. The average Bonchev–Trinajstić information content (AvgIpc) is 2.91.